The second kappa shape index (κ2) is 16.0. The average molecular weight is 426 g/mol. The zero-order chi connectivity index (χ0) is 22.2. The molecule has 0 radical (unpaired) electrons. The SMILES string of the molecule is CC(C)=CCC/C(C)=C/CC/C(C)=C/CSCC(NC(CC=O)C(=O)O)C(=O)O. The Bertz CT molecular complexity index is 621. The monoisotopic (exact) mass is 425 g/mol. The molecule has 0 aliphatic carbocycles. The van der Waals surface area contributed by atoms with Crippen molar-refractivity contribution in [3.63, 3.8) is 0 Å². The molecule has 6 nitrogen and oxygen atoms in total. The average Bonchev–Trinajstić information content (AvgIpc) is 2.62. The fourth-order valence-corrected chi connectivity index (χ4v) is 3.51. The summed E-state index contributed by atoms with van der Waals surface area (Å²) in [6, 6.07) is -2.20. The highest BCUT2D eigenvalue weighted by Crippen LogP contribution is 2.13. The number of rotatable bonds is 16. The highest BCUT2D eigenvalue weighted by molar-refractivity contribution is 7.99. The summed E-state index contributed by atoms with van der Waals surface area (Å²) < 4.78 is 0. The van der Waals surface area contributed by atoms with Crippen molar-refractivity contribution in [2.45, 2.75) is 71.9 Å². The van der Waals surface area contributed by atoms with Crippen LogP contribution < -0.4 is 5.32 Å². The number of carbonyl (C=O) groups excluding carboxylic acids is 1. The van der Waals surface area contributed by atoms with E-state index in [1.54, 1.807) is 0 Å². The third-order valence-corrected chi connectivity index (χ3v) is 5.26. The molecule has 0 aliphatic rings. The van der Waals surface area contributed by atoms with Gasteiger partial charge in [-0.05, 0) is 53.4 Å². The van der Waals surface area contributed by atoms with Crippen molar-refractivity contribution in [2.24, 2.45) is 0 Å². The Morgan fingerprint density at radius 2 is 1.45 bits per heavy atom. The van der Waals surface area contributed by atoms with Gasteiger partial charge >= 0.3 is 11.9 Å². The first kappa shape index (κ1) is 27.1. The second-order valence-electron chi connectivity index (χ2n) is 7.35. The Morgan fingerprint density at radius 1 is 0.897 bits per heavy atom. The Labute approximate surface area is 178 Å². The van der Waals surface area contributed by atoms with E-state index in [-0.39, 0.29) is 12.2 Å². The van der Waals surface area contributed by atoms with Crippen molar-refractivity contribution < 1.29 is 24.6 Å². The summed E-state index contributed by atoms with van der Waals surface area (Å²) in [5.41, 5.74) is 3.98. The Balaban J connectivity index is 4.33. The fourth-order valence-electron chi connectivity index (χ4n) is 2.50. The molecule has 0 spiro atoms. The molecule has 0 saturated heterocycles. The van der Waals surface area contributed by atoms with Gasteiger partial charge in [0, 0.05) is 17.9 Å². The van der Waals surface area contributed by atoms with Gasteiger partial charge in [0.1, 0.15) is 18.4 Å². The van der Waals surface area contributed by atoms with Crippen LogP contribution in [0.4, 0.5) is 0 Å². The summed E-state index contributed by atoms with van der Waals surface area (Å²) >= 11 is 1.42. The maximum Gasteiger partial charge on any atom is 0.321 e. The van der Waals surface area contributed by atoms with Crippen LogP contribution in [0.5, 0.6) is 0 Å². The number of thioether (sulfide) groups is 1. The molecule has 0 aliphatic heterocycles. The number of hydrogen-bond donors (Lipinski definition) is 3. The lowest BCUT2D eigenvalue weighted by Crippen LogP contribution is -2.48. The van der Waals surface area contributed by atoms with Gasteiger partial charge in [-0.1, -0.05) is 34.9 Å². The van der Waals surface area contributed by atoms with Gasteiger partial charge in [0.25, 0.3) is 0 Å². The van der Waals surface area contributed by atoms with Crippen LogP contribution in [0.2, 0.25) is 0 Å². The van der Waals surface area contributed by atoms with Gasteiger partial charge in [0.05, 0.1) is 0 Å². The number of carboxylic acids is 2. The number of allylic oxidation sites excluding steroid dienone is 5. The van der Waals surface area contributed by atoms with Crippen LogP contribution in [0.3, 0.4) is 0 Å². The quantitative estimate of drug-likeness (QED) is 0.193. The zero-order valence-electron chi connectivity index (χ0n) is 17.9. The molecule has 3 N–H and O–H groups in total. The molecule has 0 aromatic heterocycles. The smallest absolute Gasteiger partial charge is 0.321 e. The van der Waals surface area contributed by atoms with Gasteiger partial charge < -0.3 is 15.0 Å². The second-order valence-corrected chi connectivity index (χ2v) is 8.42. The minimum Gasteiger partial charge on any atom is -0.480 e. The van der Waals surface area contributed by atoms with E-state index in [0.29, 0.717) is 12.0 Å². The van der Waals surface area contributed by atoms with Gasteiger partial charge in [-0.25, -0.2) is 0 Å². The van der Waals surface area contributed by atoms with E-state index in [4.69, 9.17) is 5.11 Å². The largest absolute Gasteiger partial charge is 0.480 e. The van der Waals surface area contributed by atoms with Crippen molar-refractivity contribution in [1.29, 1.82) is 0 Å². The van der Waals surface area contributed by atoms with Gasteiger partial charge in [0.2, 0.25) is 0 Å². The van der Waals surface area contributed by atoms with Gasteiger partial charge in [-0.2, -0.15) is 11.8 Å². The lowest BCUT2D eigenvalue weighted by Gasteiger charge is -2.18. The molecular weight excluding hydrogens is 390 g/mol. The molecular formula is C22H35NO5S. The fraction of sp³-hybridized carbons (Fsp3) is 0.591. The van der Waals surface area contributed by atoms with Crippen LogP contribution in [0.1, 0.15) is 59.8 Å². The van der Waals surface area contributed by atoms with Crippen molar-refractivity contribution in [3.8, 4) is 0 Å². The number of carboxylic acid groups (broad SMARTS) is 2. The van der Waals surface area contributed by atoms with Crippen LogP contribution in [0.25, 0.3) is 0 Å². The van der Waals surface area contributed by atoms with Crippen LogP contribution in [0.15, 0.2) is 34.9 Å². The van der Waals surface area contributed by atoms with Crippen molar-refractivity contribution >= 4 is 30.0 Å². The van der Waals surface area contributed by atoms with Gasteiger partial charge in [0.15, 0.2) is 0 Å². The molecule has 0 aromatic rings. The maximum atomic E-state index is 11.3. The van der Waals surface area contributed by atoms with Crippen LogP contribution >= 0.6 is 11.8 Å². The highest BCUT2D eigenvalue weighted by Gasteiger charge is 2.25. The number of carbonyl (C=O) groups is 3. The van der Waals surface area contributed by atoms with Crippen molar-refractivity contribution in [2.75, 3.05) is 11.5 Å². The van der Waals surface area contributed by atoms with E-state index in [9.17, 15) is 19.5 Å². The highest BCUT2D eigenvalue weighted by atomic mass is 32.2. The van der Waals surface area contributed by atoms with E-state index in [0.717, 1.165) is 25.7 Å². The summed E-state index contributed by atoms with van der Waals surface area (Å²) in [5, 5.41) is 20.8. The summed E-state index contributed by atoms with van der Waals surface area (Å²) in [6.07, 6.45) is 10.9. The van der Waals surface area contributed by atoms with Gasteiger partial charge in [-0.3, -0.25) is 14.9 Å². The molecule has 0 amide bonds. The third kappa shape index (κ3) is 14.7. The topological polar surface area (TPSA) is 104 Å². The van der Waals surface area contributed by atoms with Gasteiger partial charge in [-0.15, -0.1) is 0 Å². The Morgan fingerprint density at radius 3 is 1.97 bits per heavy atom. The van der Waals surface area contributed by atoms with Crippen LogP contribution in [-0.4, -0.2) is 52.0 Å². The molecule has 7 heteroatoms. The van der Waals surface area contributed by atoms with E-state index in [1.165, 1.54) is 28.5 Å². The van der Waals surface area contributed by atoms with Crippen molar-refractivity contribution in [3.05, 3.63) is 34.9 Å². The molecule has 164 valence electrons. The zero-order valence-corrected chi connectivity index (χ0v) is 18.8. The third-order valence-electron chi connectivity index (χ3n) is 4.29. The molecule has 2 atom stereocenters. The lowest BCUT2D eigenvalue weighted by atomic mass is 10.1. The van der Waals surface area contributed by atoms with Crippen LogP contribution in [-0.2, 0) is 14.4 Å². The predicted octanol–water partition coefficient (Wildman–Crippen LogP) is 4.22. The molecule has 0 rings (SSSR count). The first-order valence-corrected chi connectivity index (χ1v) is 11.0. The molecule has 2 unspecified atom stereocenters. The number of hydrogen-bond acceptors (Lipinski definition) is 5. The summed E-state index contributed by atoms with van der Waals surface area (Å²) in [5.74, 6) is -1.46. The summed E-state index contributed by atoms with van der Waals surface area (Å²) in [7, 11) is 0. The van der Waals surface area contributed by atoms with Crippen LogP contribution in [0, 0.1) is 0 Å². The molecule has 29 heavy (non-hydrogen) atoms. The lowest BCUT2D eigenvalue weighted by molar-refractivity contribution is -0.142. The normalized spacial score (nSPS) is 14.2. The van der Waals surface area contributed by atoms with E-state index in [1.807, 2.05) is 0 Å². The summed E-state index contributed by atoms with van der Waals surface area (Å²) in [6.45, 7) is 8.43. The maximum absolute atomic E-state index is 11.3. The Kier molecular flexibility index (Phi) is 15.0. The number of aliphatic carboxylic acids is 2. The first-order valence-electron chi connectivity index (χ1n) is 9.85. The molecule has 0 fully saturated rings. The molecule has 0 heterocycles. The Hall–Kier alpha value is -1.86. The number of aldehydes is 1. The predicted molar refractivity (Wildman–Crippen MR) is 119 cm³/mol. The molecule has 0 bridgehead atoms. The van der Waals surface area contributed by atoms with E-state index >= 15 is 0 Å². The number of nitrogens with one attached hydrogen (secondary N) is 1. The van der Waals surface area contributed by atoms with E-state index in [2.05, 4.69) is 51.2 Å². The van der Waals surface area contributed by atoms with Crippen molar-refractivity contribution in [1.82, 2.24) is 5.32 Å². The minimum atomic E-state index is -1.23. The summed E-state index contributed by atoms with van der Waals surface area (Å²) in [4.78, 5) is 32.9. The van der Waals surface area contributed by atoms with E-state index < -0.39 is 24.0 Å². The first-order chi connectivity index (χ1) is 13.7. The minimum absolute atomic E-state index is 0.227. The molecule has 0 aromatic carbocycles. The molecule has 0 saturated carbocycles. The standard InChI is InChI=1S/C22H35NO5S/c1-16(2)7-5-8-17(3)9-6-10-18(4)12-14-29-15-20(22(27)28)23-19(11-13-24)21(25)26/h7,9,12-13,19-20,23H,5-6,8,10-11,14-15H2,1-4H3,(H,25,26)(H,27,28)/b17-9+,18-12+.